The number of H-pyrrole nitrogens is 3. The van der Waals surface area contributed by atoms with Crippen molar-refractivity contribution in [2.45, 2.75) is 40.0 Å². The first kappa shape index (κ1) is 48.8. The fourth-order valence-corrected chi connectivity index (χ4v) is 9.95. The number of ether oxygens (including phenoxy) is 3. The Balaban J connectivity index is 0.844. The van der Waals surface area contributed by atoms with Crippen LogP contribution in [-0.4, -0.2) is 151 Å². The van der Waals surface area contributed by atoms with Gasteiger partial charge in [0.05, 0.1) is 46.0 Å². The number of amides is 6. The van der Waals surface area contributed by atoms with Gasteiger partial charge < -0.3 is 44.7 Å². The number of nitrogens with one attached hydrogen (secondary N) is 5. The second kappa shape index (κ2) is 20.6. The van der Waals surface area contributed by atoms with Gasteiger partial charge in [-0.3, -0.25) is 59.1 Å². The van der Waals surface area contributed by atoms with E-state index in [1.54, 1.807) is 47.6 Å². The molecule has 3 aromatic carbocycles. The predicted octanol–water partition coefficient (Wildman–Crippen LogP) is 3.03. The maximum atomic E-state index is 14.3. The lowest BCUT2D eigenvalue weighted by molar-refractivity contribution is -0.149. The third-order valence-corrected chi connectivity index (χ3v) is 13.2. The molecule has 0 aliphatic carbocycles. The third kappa shape index (κ3) is 9.77. The molecule has 0 unspecified atom stereocenters. The highest BCUT2D eigenvalue weighted by Crippen LogP contribution is 2.40. The van der Waals surface area contributed by atoms with E-state index in [0.29, 0.717) is 61.5 Å². The first-order valence-electron chi connectivity index (χ1n) is 23.9. The number of carbonyl (C=O) groups is 8. The molecule has 0 bridgehead atoms. The molecule has 6 heterocycles. The Kier molecular flexibility index (Phi) is 14.0. The summed E-state index contributed by atoms with van der Waals surface area (Å²) in [6.07, 6.45) is 1.76. The summed E-state index contributed by atoms with van der Waals surface area (Å²) in [5.41, 5.74) is 18.6. The fraction of sp³-hybridized carbons (Fsp3) is 0.360. The summed E-state index contributed by atoms with van der Waals surface area (Å²) in [7, 11) is 0. The van der Waals surface area contributed by atoms with E-state index in [1.165, 1.54) is 9.80 Å². The van der Waals surface area contributed by atoms with E-state index >= 15 is 0 Å². The average molecular weight is 986 g/mol. The molecule has 0 saturated carbocycles. The van der Waals surface area contributed by atoms with Gasteiger partial charge >= 0.3 is 23.9 Å². The number of nitrogens with zero attached hydrogens (tertiary/aromatic N) is 5. The summed E-state index contributed by atoms with van der Waals surface area (Å²) < 4.78 is 15.2. The number of aromatic nitrogens is 3. The van der Waals surface area contributed by atoms with Gasteiger partial charge in [-0.05, 0) is 111 Å². The van der Waals surface area contributed by atoms with Crippen molar-refractivity contribution < 1.29 is 52.6 Å². The standard InChI is InChI=1S/C50H55N11O11/c1-4-70-44(63)25-57(19-20-58(26-45(64)71-5-2)27-46(65)72-6-3)24-43(62)55-56-47(66)37-21-31-28-13-16-59(40(28)10-7-34(31)52-37)48(67)38-22-32-29-14-17-60(41(29)11-8-35(32)53-38)49(68)39-23-33-30-15-18-61(50(51)69)42(30)12-9-36(33)54-39/h7-12,21-23,52-54H,4-6,13-20,24-27H2,1-3H3,(H2,51,69)(H,55,62)(H,56,66). The Morgan fingerprint density at radius 1 is 0.528 bits per heavy atom. The maximum Gasteiger partial charge on any atom is 0.320 e. The van der Waals surface area contributed by atoms with Crippen molar-refractivity contribution in [2.75, 3.05) is 93.4 Å². The predicted molar refractivity (Wildman–Crippen MR) is 265 cm³/mol. The summed E-state index contributed by atoms with van der Waals surface area (Å²) >= 11 is 0. The van der Waals surface area contributed by atoms with Crippen molar-refractivity contribution in [1.29, 1.82) is 0 Å². The number of benzene rings is 3. The normalized spacial score (nSPS) is 13.8. The first-order valence-corrected chi connectivity index (χ1v) is 23.9. The smallest absolute Gasteiger partial charge is 0.320 e. The molecule has 376 valence electrons. The van der Waals surface area contributed by atoms with Crippen molar-refractivity contribution in [3.05, 3.63) is 88.4 Å². The molecule has 3 aliphatic heterocycles. The van der Waals surface area contributed by atoms with Crippen LogP contribution >= 0.6 is 0 Å². The molecule has 9 rings (SSSR count). The van der Waals surface area contributed by atoms with Gasteiger partial charge in [0.15, 0.2) is 0 Å². The minimum Gasteiger partial charge on any atom is -0.465 e. The van der Waals surface area contributed by atoms with Crippen LogP contribution in [0, 0.1) is 0 Å². The Labute approximate surface area is 412 Å². The SMILES string of the molecule is CCOC(=O)CN(CCN(CC(=O)OCC)CC(=O)OCC)CC(=O)NNC(=O)c1cc2c3c(ccc2[nH]1)N(C(=O)c1cc2c4c(ccc2[nH]1)N(C(=O)c1cc2c5c(ccc2[nH]1)N(C(N)=O)CC5)CC4)CC3. The lowest BCUT2D eigenvalue weighted by Gasteiger charge is -2.25. The van der Waals surface area contributed by atoms with E-state index in [-0.39, 0.29) is 76.6 Å². The van der Waals surface area contributed by atoms with Crippen molar-refractivity contribution in [3.8, 4) is 0 Å². The second-order valence-electron chi connectivity index (χ2n) is 17.6. The fourth-order valence-electron chi connectivity index (χ4n) is 9.95. The Morgan fingerprint density at radius 2 is 0.903 bits per heavy atom. The molecule has 3 aromatic heterocycles. The zero-order chi connectivity index (χ0) is 50.8. The van der Waals surface area contributed by atoms with Crippen molar-refractivity contribution >= 4 is 97.3 Å². The first-order chi connectivity index (χ1) is 34.7. The van der Waals surface area contributed by atoms with Crippen LogP contribution < -0.4 is 31.3 Å². The molecular formula is C50H55N11O11. The summed E-state index contributed by atoms with van der Waals surface area (Å²) in [4.78, 5) is 121. The molecule has 72 heavy (non-hydrogen) atoms. The molecule has 0 spiro atoms. The van der Waals surface area contributed by atoms with Crippen LogP contribution in [0.25, 0.3) is 32.7 Å². The molecule has 6 amide bonds. The molecule has 22 nitrogen and oxygen atoms in total. The van der Waals surface area contributed by atoms with Crippen LogP contribution in [0.15, 0.2) is 54.6 Å². The van der Waals surface area contributed by atoms with E-state index in [4.69, 9.17) is 19.9 Å². The van der Waals surface area contributed by atoms with E-state index in [9.17, 15) is 38.4 Å². The topological polar surface area (TPSA) is 278 Å². The van der Waals surface area contributed by atoms with Gasteiger partial charge in [0, 0.05) is 82.5 Å². The minimum absolute atomic E-state index is 0.0619. The van der Waals surface area contributed by atoms with E-state index in [2.05, 4.69) is 25.8 Å². The number of fused-ring (bicyclic) bond motifs is 9. The number of esters is 3. The number of aromatic amines is 3. The van der Waals surface area contributed by atoms with Gasteiger partial charge in [-0.25, -0.2) is 4.79 Å². The molecule has 7 N–H and O–H groups in total. The number of urea groups is 1. The Hall–Kier alpha value is -8.24. The monoisotopic (exact) mass is 985 g/mol. The van der Waals surface area contributed by atoms with Crippen LogP contribution in [0.3, 0.4) is 0 Å². The lowest BCUT2D eigenvalue weighted by Crippen LogP contribution is -2.49. The Morgan fingerprint density at radius 3 is 1.32 bits per heavy atom. The van der Waals surface area contributed by atoms with Crippen LogP contribution in [0.4, 0.5) is 21.9 Å². The Bertz CT molecular complexity index is 3150. The summed E-state index contributed by atoms with van der Waals surface area (Å²) in [5, 5.41) is 2.47. The third-order valence-electron chi connectivity index (χ3n) is 13.2. The molecule has 0 saturated heterocycles. The number of hydrogen-bond donors (Lipinski definition) is 6. The second-order valence-corrected chi connectivity index (χ2v) is 17.6. The van der Waals surface area contributed by atoms with Crippen molar-refractivity contribution in [1.82, 2.24) is 35.6 Å². The number of primary amides is 1. The maximum absolute atomic E-state index is 14.3. The molecule has 6 aromatic rings. The van der Waals surface area contributed by atoms with Crippen LogP contribution in [0.1, 0.15) is 68.9 Å². The summed E-state index contributed by atoms with van der Waals surface area (Å²) in [6, 6.07) is 15.9. The van der Waals surface area contributed by atoms with Gasteiger partial charge in [0.1, 0.15) is 17.1 Å². The molecule has 22 heteroatoms. The highest BCUT2D eigenvalue weighted by Gasteiger charge is 2.33. The van der Waals surface area contributed by atoms with Crippen LogP contribution in [0.2, 0.25) is 0 Å². The van der Waals surface area contributed by atoms with Crippen LogP contribution in [0.5, 0.6) is 0 Å². The van der Waals surface area contributed by atoms with Gasteiger partial charge in [-0.2, -0.15) is 0 Å². The zero-order valence-corrected chi connectivity index (χ0v) is 40.1. The minimum atomic E-state index is -0.650. The number of hydrogen-bond acceptors (Lipinski definition) is 13. The highest BCUT2D eigenvalue weighted by molar-refractivity contribution is 6.14. The van der Waals surface area contributed by atoms with E-state index in [0.717, 1.165) is 55.3 Å². The summed E-state index contributed by atoms with van der Waals surface area (Å²) in [6.45, 7) is 5.80. The van der Waals surface area contributed by atoms with Gasteiger partial charge in [-0.1, -0.05) is 0 Å². The number of rotatable bonds is 17. The quantitative estimate of drug-likeness (QED) is 0.0436. The number of anilines is 3. The zero-order valence-electron chi connectivity index (χ0n) is 40.1. The largest absolute Gasteiger partial charge is 0.465 e. The van der Waals surface area contributed by atoms with Gasteiger partial charge in [0.25, 0.3) is 23.6 Å². The summed E-state index contributed by atoms with van der Waals surface area (Å²) in [5.74, 6) is -3.41. The number of carbonyl (C=O) groups excluding carboxylic acids is 8. The molecule has 0 fully saturated rings. The number of nitrogens with two attached hydrogens (primary N) is 1. The molecular weight excluding hydrogens is 931 g/mol. The molecule has 0 atom stereocenters. The van der Waals surface area contributed by atoms with E-state index in [1.807, 2.05) is 42.5 Å². The van der Waals surface area contributed by atoms with Crippen LogP contribution in [-0.2, 0) is 52.7 Å². The van der Waals surface area contributed by atoms with Crippen molar-refractivity contribution in [3.63, 3.8) is 0 Å². The van der Waals surface area contributed by atoms with Gasteiger partial charge in [0.2, 0.25) is 0 Å². The van der Waals surface area contributed by atoms with E-state index < -0.39 is 35.8 Å². The molecule has 3 aliphatic rings. The molecule has 0 radical (unpaired) electrons. The lowest BCUT2D eigenvalue weighted by atomic mass is 10.1. The average Bonchev–Trinajstić information content (AvgIpc) is 4.21. The van der Waals surface area contributed by atoms with Crippen molar-refractivity contribution in [2.24, 2.45) is 5.73 Å². The highest BCUT2D eigenvalue weighted by atomic mass is 16.5. The number of hydrazine groups is 1. The van der Waals surface area contributed by atoms with Gasteiger partial charge in [-0.15, -0.1) is 0 Å².